The third kappa shape index (κ3) is 5.98. The summed E-state index contributed by atoms with van der Waals surface area (Å²) in [5.41, 5.74) is -0.508. The average molecular weight is 525 g/mol. The molecule has 1 spiro atoms. The van der Waals surface area contributed by atoms with Crippen LogP contribution in [0.4, 0.5) is 0 Å². The number of hydrogen-bond donors (Lipinski definition) is 1. The van der Waals surface area contributed by atoms with Crippen molar-refractivity contribution in [3.63, 3.8) is 0 Å². The van der Waals surface area contributed by atoms with E-state index in [9.17, 15) is 0 Å². The molecule has 7 aliphatic rings. The van der Waals surface area contributed by atoms with E-state index in [1.165, 1.54) is 6.42 Å². The summed E-state index contributed by atoms with van der Waals surface area (Å²) in [4.78, 5) is 12.0. The van der Waals surface area contributed by atoms with E-state index in [4.69, 9.17) is 24.0 Å². The molecule has 0 aromatic rings. The zero-order chi connectivity index (χ0) is 23.6. The molecule has 7 rings (SSSR count). The molecule has 0 aromatic carbocycles. The van der Waals surface area contributed by atoms with Gasteiger partial charge in [0, 0.05) is 24.3 Å². The molecule has 4 heterocycles. The van der Waals surface area contributed by atoms with Crippen LogP contribution >= 0.6 is 0 Å². The molecule has 2 bridgehead atoms. The van der Waals surface area contributed by atoms with Crippen LogP contribution in [0.5, 0.6) is 0 Å². The summed E-state index contributed by atoms with van der Waals surface area (Å²) in [6, 6.07) is 1.16. The predicted molar refractivity (Wildman–Crippen MR) is 127 cm³/mol. The van der Waals surface area contributed by atoms with Gasteiger partial charge in [-0.05, 0) is 109 Å². The molecular weight excluding hydrogens is 486 g/mol. The van der Waals surface area contributed by atoms with Crippen molar-refractivity contribution >= 4 is 0 Å². The van der Waals surface area contributed by atoms with Crippen LogP contribution in [0.25, 0.3) is 0 Å². The van der Waals surface area contributed by atoms with E-state index in [-0.39, 0.29) is 29.3 Å². The largest absolute Gasteiger partial charge is 2.00 e. The second-order valence-corrected chi connectivity index (χ2v) is 10.6. The van der Waals surface area contributed by atoms with Gasteiger partial charge in [-0.1, -0.05) is 13.8 Å². The maximum atomic E-state index is 6.44. The molecule has 7 fully saturated rings. The van der Waals surface area contributed by atoms with Crippen molar-refractivity contribution in [1.82, 2.24) is 5.32 Å². The zero-order valence-electron chi connectivity index (χ0n) is 21.0. The Kier molecular flexibility index (Phi) is 10.0. The molecule has 0 amide bonds. The molecule has 3 unspecified atom stereocenters. The monoisotopic (exact) mass is 525 g/mol. The molecule has 10 radical (unpaired) electrons. The molecule has 4 saturated heterocycles. The van der Waals surface area contributed by atoms with Crippen LogP contribution < -0.4 is 5.32 Å². The van der Waals surface area contributed by atoms with Crippen LogP contribution in [0.15, 0.2) is 0 Å². The van der Waals surface area contributed by atoms with Gasteiger partial charge in [0.25, 0.3) is 0 Å². The Hall–Kier alpha value is 0.279. The number of fused-ring (bicyclic) bond motifs is 2. The van der Waals surface area contributed by atoms with Gasteiger partial charge in [0.1, 0.15) is 0 Å². The van der Waals surface area contributed by atoms with E-state index >= 15 is 0 Å². The van der Waals surface area contributed by atoms with Crippen molar-refractivity contribution in [2.45, 2.75) is 76.8 Å². The molecule has 3 saturated carbocycles. The van der Waals surface area contributed by atoms with Gasteiger partial charge in [-0.3, -0.25) is 0 Å². The van der Waals surface area contributed by atoms with Gasteiger partial charge in [-0.15, -0.1) is 0 Å². The third-order valence-electron chi connectivity index (χ3n) is 8.25. The van der Waals surface area contributed by atoms with E-state index in [2.05, 4.69) is 32.0 Å². The van der Waals surface area contributed by atoms with E-state index in [1.54, 1.807) is 0 Å². The fourth-order valence-corrected chi connectivity index (χ4v) is 6.38. The first-order chi connectivity index (χ1) is 16.5. The molecular formula is C28H39FeNO5+2. The predicted octanol–water partition coefficient (Wildman–Crippen LogP) is 4.57. The number of ether oxygens (including phenoxy) is 3. The summed E-state index contributed by atoms with van der Waals surface area (Å²) >= 11 is 0. The van der Waals surface area contributed by atoms with Crippen molar-refractivity contribution in [2.24, 2.45) is 23.7 Å². The SMILES string of the molecule is C[C@H]1C(OCCCN[C]2[CH][CH][CH][CH]2)OC2O[C@]3(C)CC[C@H]4[C@H](C)CCC1[C@@]24OO3.[CH]1[CH][CH][CH][CH]1.[Fe+2]. The second kappa shape index (κ2) is 12.4. The smallest absolute Gasteiger partial charge is 0.352 e. The first-order valence-electron chi connectivity index (χ1n) is 13.0. The first-order valence-corrected chi connectivity index (χ1v) is 13.0. The van der Waals surface area contributed by atoms with Crippen molar-refractivity contribution in [3.05, 3.63) is 63.8 Å². The van der Waals surface area contributed by atoms with Crippen LogP contribution in [0.3, 0.4) is 0 Å². The average Bonchev–Trinajstić information content (AvgIpc) is 3.53. The van der Waals surface area contributed by atoms with Gasteiger partial charge in [-0.2, -0.15) is 0 Å². The topological polar surface area (TPSA) is 58.2 Å². The Bertz CT molecular complexity index is 652. The van der Waals surface area contributed by atoms with Gasteiger partial charge in [0.2, 0.25) is 5.79 Å². The Morgan fingerprint density at radius 1 is 0.943 bits per heavy atom. The standard InChI is InChI=1S/C23H34NO5.C5H5.Fe/c1-15-9-10-19-16(2)20(25-14-6-13-24-17-7-4-5-8-17)26-21-23(19)18(15)11-12-22(3,27-21)28-29-23;1-2-4-5-3-1;/h4-5,7-8,15-16,18-21,24H,6,9-14H2,1-3H3;1-5H;/q;;+2/t15-,16-,18+,19?,20?,21?,22+,23-;;/m1../s1. The molecule has 8 atom stereocenters. The molecule has 4 aliphatic heterocycles. The number of hydrogen-bond acceptors (Lipinski definition) is 6. The van der Waals surface area contributed by atoms with Crippen LogP contribution in [0.1, 0.15) is 52.9 Å². The van der Waals surface area contributed by atoms with Crippen LogP contribution in [0, 0.1) is 87.5 Å². The molecule has 7 heteroatoms. The minimum absolute atomic E-state index is 0. The van der Waals surface area contributed by atoms with Crippen molar-refractivity contribution in [1.29, 1.82) is 0 Å². The van der Waals surface area contributed by atoms with Gasteiger partial charge < -0.3 is 19.5 Å². The third-order valence-corrected chi connectivity index (χ3v) is 8.25. The van der Waals surface area contributed by atoms with Gasteiger partial charge in [0.05, 0.1) is 6.61 Å². The molecule has 35 heavy (non-hydrogen) atoms. The maximum absolute atomic E-state index is 6.44. The Morgan fingerprint density at radius 3 is 2.37 bits per heavy atom. The van der Waals surface area contributed by atoms with Gasteiger partial charge in [-0.25, -0.2) is 9.78 Å². The Labute approximate surface area is 223 Å². The quantitative estimate of drug-likeness (QED) is 0.312. The minimum atomic E-state index is -0.730. The van der Waals surface area contributed by atoms with Gasteiger partial charge in [0.15, 0.2) is 18.2 Å². The Morgan fingerprint density at radius 2 is 1.66 bits per heavy atom. The second-order valence-electron chi connectivity index (χ2n) is 10.6. The van der Waals surface area contributed by atoms with Crippen molar-refractivity contribution in [2.75, 3.05) is 13.2 Å². The van der Waals surface area contributed by atoms with E-state index in [0.717, 1.165) is 38.3 Å². The molecule has 3 aliphatic carbocycles. The summed E-state index contributed by atoms with van der Waals surface area (Å²) in [6.45, 7) is 8.07. The van der Waals surface area contributed by atoms with E-state index in [1.807, 2.05) is 51.9 Å². The van der Waals surface area contributed by atoms with Crippen LogP contribution in [0.2, 0.25) is 0 Å². The summed E-state index contributed by atoms with van der Waals surface area (Å²) in [5.74, 6) is 0.799. The van der Waals surface area contributed by atoms with E-state index in [0.29, 0.717) is 24.4 Å². The summed E-state index contributed by atoms with van der Waals surface area (Å²) in [5, 5.41) is 3.41. The molecule has 0 aromatic heterocycles. The summed E-state index contributed by atoms with van der Waals surface area (Å²) in [7, 11) is 0. The van der Waals surface area contributed by atoms with Crippen molar-refractivity contribution < 1.29 is 41.1 Å². The normalized spacial score (nSPS) is 44.7. The fraction of sp³-hybridized carbons (Fsp3) is 0.643. The van der Waals surface area contributed by atoms with Crippen LogP contribution in [-0.4, -0.2) is 37.1 Å². The fourth-order valence-electron chi connectivity index (χ4n) is 6.38. The Balaban J connectivity index is 0.000000431. The zero-order valence-corrected chi connectivity index (χ0v) is 22.1. The summed E-state index contributed by atoms with van der Waals surface area (Å²) < 4.78 is 19.0. The maximum Gasteiger partial charge on any atom is 2.00 e. The van der Waals surface area contributed by atoms with Crippen LogP contribution in [-0.2, 0) is 41.1 Å². The van der Waals surface area contributed by atoms with Crippen molar-refractivity contribution in [3.8, 4) is 0 Å². The minimum Gasteiger partial charge on any atom is -0.352 e. The summed E-state index contributed by atoms with van der Waals surface area (Å²) in [6.07, 6.45) is 22.7. The first kappa shape index (κ1) is 28.3. The van der Waals surface area contributed by atoms with E-state index < -0.39 is 17.7 Å². The van der Waals surface area contributed by atoms with Gasteiger partial charge >= 0.3 is 17.1 Å². The molecule has 1 N–H and O–H groups in total. The molecule has 6 nitrogen and oxygen atoms in total. The number of rotatable bonds is 6. The molecule has 192 valence electrons. The number of nitrogens with one attached hydrogen (secondary N) is 1.